The zero-order valence-corrected chi connectivity index (χ0v) is 39.6. The Morgan fingerprint density at radius 2 is 0.404 bits per heavy atom. The molecule has 0 atom stereocenters. The van der Waals surface area contributed by atoms with E-state index in [4.69, 9.17) is 216 Å². The van der Waals surface area contributed by atoms with E-state index >= 15 is 0 Å². The molecule has 0 aliphatic carbocycles. The minimum Gasteiger partial charge on any atom is -0.324 e. The van der Waals surface area contributed by atoms with Crippen LogP contribution >= 0.6 is 186 Å². The molecule has 9 rings (SSSR count). The molecule has 0 saturated carbocycles. The van der Waals surface area contributed by atoms with Gasteiger partial charge in [-0.25, -0.2) is 29.9 Å². The number of benzene rings is 4. The second-order valence-corrected chi connectivity index (χ2v) is 17.7. The molecule has 0 unspecified atom stereocenters. The third-order valence-electron chi connectivity index (χ3n) is 8.68. The van der Waals surface area contributed by atoms with Gasteiger partial charge in [0.1, 0.15) is 22.6 Å². The molecule has 0 spiro atoms. The second-order valence-electron chi connectivity index (χ2n) is 11.6. The summed E-state index contributed by atoms with van der Waals surface area (Å²) < 4.78 is 0. The summed E-state index contributed by atoms with van der Waals surface area (Å²) in [4.78, 5) is 34.9. The van der Waals surface area contributed by atoms with Gasteiger partial charge in [-0.1, -0.05) is 186 Å². The molecule has 282 valence electrons. The van der Waals surface area contributed by atoms with Gasteiger partial charge >= 0.3 is 17.4 Å². The Balaban J connectivity index is 0.00000455. The summed E-state index contributed by atoms with van der Waals surface area (Å²) >= 11 is 107. The number of aromatic amines is 2. The first-order valence-electron chi connectivity index (χ1n) is 14.7. The van der Waals surface area contributed by atoms with Crippen molar-refractivity contribution >= 4 is 247 Å². The Bertz CT molecular complexity index is 2820. The zero-order valence-electron chi connectivity index (χ0n) is 26.3. The van der Waals surface area contributed by atoms with Crippen LogP contribution in [0.1, 0.15) is 0 Å². The summed E-state index contributed by atoms with van der Waals surface area (Å²) in [5.41, 5.74) is 0.666. The number of hydrogen-bond acceptors (Lipinski definition) is 6. The average Bonchev–Trinajstić information content (AvgIpc) is 3.92. The minimum atomic E-state index is -0.0863. The SMILES string of the molecule is Clc1c(Cl)c(Cl)c2c(c1Cl)-c1nc-2nc2[nH]c(nc3nc(nc4[nH]c(n1)c1c(Cl)c(Cl)c(Cl)c(Cl)c41)-c1c(Cl)c(Cl)c(Cl)c(Cl)c1-3)c1c(Cl)c(Cl)c(Cl)c(Cl)c21.[Al+3]. The van der Waals surface area contributed by atoms with Gasteiger partial charge in [0.25, 0.3) is 0 Å². The molecule has 4 aromatic carbocycles. The van der Waals surface area contributed by atoms with Crippen molar-refractivity contribution < 1.29 is 0 Å². The predicted molar refractivity (Wildman–Crippen MR) is 242 cm³/mol. The minimum absolute atomic E-state index is 0. The van der Waals surface area contributed by atoms with Gasteiger partial charge in [0.2, 0.25) is 0 Å². The Kier molecular flexibility index (Phi) is 11.6. The van der Waals surface area contributed by atoms with E-state index < -0.39 is 0 Å². The van der Waals surface area contributed by atoms with Gasteiger partial charge in [0.15, 0.2) is 23.3 Å². The summed E-state index contributed by atoms with van der Waals surface area (Å²) in [6.45, 7) is 0. The average molecular weight is 1090 g/mol. The molecule has 2 aliphatic rings. The maximum atomic E-state index is 6.84. The molecule has 5 heterocycles. The standard InChI is InChI=1S/C32H2Cl16N8.Al/c33-9-1-2(10(34)18(42)17(9)41)26-49-25(1)53-27-3-4(12(36)20(44)19(43)11(3)35)29(50-27)55-31-7-8(16(40)24(48)23(47)15(7)39)32(52-31)56-30-6-5(28(51-30)54-26)13(37)21(45)22(46)14(6)38;/h(H2,49,50,51,52,53,54,55,56);/q;+3. The van der Waals surface area contributed by atoms with E-state index in [-0.39, 0.29) is 187 Å². The molecule has 0 fully saturated rings. The van der Waals surface area contributed by atoms with E-state index in [2.05, 4.69) is 9.97 Å². The predicted octanol–water partition coefficient (Wildman–Crippen LogP) is 16.9. The van der Waals surface area contributed by atoms with E-state index in [0.29, 0.717) is 0 Å². The fraction of sp³-hybridized carbons (Fsp3) is 0. The molecule has 0 radical (unpaired) electrons. The van der Waals surface area contributed by atoms with Crippen LogP contribution in [0, 0.1) is 0 Å². The molecule has 2 N–H and O–H groups in total. The quantitative estimate of drug-likeness (QED) is 0.0890. The van der Waals surface area contributed by atoms with Crippen LogP contribution in [0.25, 0.3) is 89.7 Å². The zero-order chi connectivity index (χ0) is 40.1. The fourth-order valence-electron chi connectivity index (χ4n) is 6.24. The van der Waals surface area contributed by atoms with Crippen molar-refractivity contribution in [2.45, 2.75) is 0 Å². The van der Waals surface area contributed by atoms with Crippen molar-refractivity contribution in [3.05, 3.63) is 80.4 Å². The summed E-state index contributed by atoms with van der Waals surface area (Å²) in [6.07, 6.45) is 0. The van der Waals surface area contributed by atoms with Crippen molar-refractivity contribution in [2.75, 3.05) is 0 Å². The van der Waals surface area contributed by atoms with Crippen LogP contribution < -0.4 is 0 Å². The molecule has 0 saturated heterocycles. The number of aromatic nitrogens is 8. The third kappa shape index (κ3) is 6.22. The number of halogens is 16. The van der Waals surface area contributed by atoms with E-state index in [1.54, 1.807) is 0 Å². The summed E-state index contributed by atoms with van der Waals surface area (Å²) in [5.74, 6) is -0.257. The van der Waals surface area contributed by atoms with Crippen LogP contribution in [-0.4, -0.2) is 57.2 Å². The second kappa shape index (κ2) is 15.3. The van der Waals surface area contributed by atoms with Gasteiger partial charge in [-0.2, -0.15) is 0 Å². The summed E-state index contributed by atoms with van der Waals surface area (Å²) in [6, 6.07) is 0. The van der Waals surface area contributed by atoms with E-state index in [9.17, 15) is 0 Å². The van der Waals surface area contributed by atoms with Crippen molar-refractivity contribution in [1.29, 1.82) is 0 Å². The van der Waals surface area contributed by atoms with Crippen LogP contribution in [0.2, 0.25) is 80.4 Å². The number of nitrogens with zero attached hydrogens (tertiary/aromatic N) is 6. The van der Waals surface area contributed by atoms with Crippen molar-refractivity contribution in [3.8, 4) is 45.6 Å². The monoisotopic (exact) mass is 1080 g/mol. The molecule has 8 bridgehead atoms. The molecule has 0 amide bonds. The van der Waals surface area contributed by atoms with Crippen LogP contribution in [0.15, 0.2) is 0 Å². The first kappa shape index (κ1) is 43.1. The van der Waals surface area contributed by atoms with Crippen LogP contribution in [0.5, 0.6) is 0 Å². The maximum Gasteiger partial charge on any atom is 3.00 e. The van der Waals surface area contributed by atoms with E-state index in [0.717, 1.165) is 0 Å². The molecule has 8 nitrogen and oxygen atoms in total. The Morgan fingerprint density at radius 1 is 0.228 bits per heavy atom. The number of H-pyrrole nitrogens is 2. The van der Waals surface area contributed by atoms with Crippen LogP contribution in [0.4, 0.5) is 0 Å². The topological polar surface area (TPSA) is 109 Å². The molecule has 7 aromatic rings. The van der Waals surface area contributed by atoms with E-state index in [1.807, 2.05) is 0 Å². The van der Waals surface area contributed by atoms with Crippen molar-refractivity contribution in [2.24, 2.45) is 0 Å². The van der Waals surface area contributed by atoms with Crippen LogP contribution in [0.3, 0.4) is 0 Å². The first-order chi connectivity index (χ1) is 26.4. The Hall–Kier alpha value is -0.588. The Morgan fingerprint density at radius 3 is 0.596 bits per heavy atom. The number of hydrogen-bond donors (Lipinski definition) is 2. The smallest absolute Gasteiger partial charge is 0.324 e. The van der Waals surface area contributed by atoms with Crippen molar-refractivity contribution in [1.82, 2.24) is 39.9 Å². The normalized spacial score (nSPS) is 12.1. The molecular formula is C32H2AlCl16N8+3. The fourth-order valence-corrected chi connectivity index (χ4v) is 10.3. The van der Waals surface area contributed by atoms with Gasteiger partial charge in [0, 0.05) is 0 Å². The van der Waals surface area contributed by atoms with Gasteiger partial charge in [-0.05, 0) is 0 Å². The van der Waals surface area contributed by atoms with Gasteiger partial charge in [0.05, 0.1) is 124 Å². The molecule has 3 aromatic heterocycles. The molecule has 2 aliphatic heterocycles. The summed E-state index contributed by atoms with van der Waals surface area (Å²) in [5, 5.41) is -0.398. The first-order valence-corrected chi connectivity index (χ1v) is 20.8. The van der Waals surface area contributed by atoms with Gasteiger partial charge in [-0.3, -0.25) is 0 Å². The molecule has 57 heavy (non-hydrogen) atoms. The molecular weight excluding hydrogens is 1090 g/mol. The van der Waals surface area contributed by atoms with Gasteiger partial charge in [-0.15, -0.1) is 0 Å². The van der Waals surface area contributed by atoms with E-state index in [1.165, 1.54) is 0 Å². The number of fused-ring (bicyclic) bond motifs is 20. The largest absolute Gasteiger partial charge is 3.00 e. The molecule has 25 heteroatoms. The Labute approximate surface area is 408 Å². The van der Waals surface area contributed by atoms with Crippen LogP contribution in [-0.2, 0) is 0 Å². The van der Waals surface area contributed by atoms with Crippen molar-refractivity contribution in [3.63, 3.8) is 0 Å². The summed E-state index contributed by atoms with van der Waals surface area (Å²) in [7, 11) is 0. The number of nitrogens with one attached hydrogen (secondary N) is 2. The maximum absolute atomic E-state index is 6.84. The van der Waals surface area contributed by atoms with Gasteiger partial charge < -0.3 is 9.97 Å². The number of rotatable bonds is 0. The third-order valence-corrected chi connectivity index (χ3v) is 15.9.